The van der Waals surface area contributed by atoms with E-state index in [4.69, 9.17) is 0 Å². The lowest BCUT2D eigenvalue weighted by atomic mass is 10.2. The molecule has 0 spiro atoms. The van der Waals surface area contributed by atoms with Crippen LogP contribution in [-0.4, -0.2) is 24.8 Å². The number of rotatable bonds is 3. The Morgan fingerprint density at radius 1 is 1.41 bits per heavy atom. The van der Waals surface area contributed by atoms with Crippen LogP contribution in [0.1, 0.15) is 19.8 Å². The number of para-hydroxylation sites is 2. The second-order valence-corrected chi connectivity index (χ2v) is 4.25. The van der Waals surface area contributed by atoms with Crippen LogP contribution >= 0.6 is 0 Å². The number of Topliss-reactive ketones (excluding diaryl/α,β-unsaturated/α-hetero) is 1. The zero-order chi connectivity index (χ0) is 12.3. The molecule has 1 heterocycles. The fraction of sp³-hybridized carbons (Fsp3) is 0.385. The van der Waals surface area contributed by atoms with Crippen LogP contribution in [0.4, 0.5) is 11.4 Å². The van der Waals surface area contributed by atoms with Gasteiger partial charge in [-0.3, -0.25) is 9.59 Å². The average Bonchev–Trinajstić information content (AvgIpc) is 2.45. The molecule has 1 aromatic rings. The number of nitrogens with zero attached hydrogens (tertiary/aromatic N) is 1. The molecule has 0 unspecified atom stereocenters. The van der Waals surface area contributed by atoms with Crippen LogP contribution in [0.2, 0.25) is 0 Å². The molecule has 0 saturated heterocycles. The molecule has 90 valence electrons. The van der Waals surface area contributed by atoms with E-state index in [-0.39, 0.29) is 11.7 Å². The molecule has 1 aliphatic heterocycles. The fourth-order valence-electron chi connectivity index (χ4n) is 1.95. The van der Waals surface area contributed by atoms with E-state index in [2.05, 4.69) is 10.2 Å². The molecule has 0 aliphatic carbocycles. The lowest BCUT2D eigenvalue weighted by Gasteiger charge is -2.23. The first kappa shape index (κ1) is 11.6. The van der Waals surface area contributed by atoms with Crippen LogP contribution in [0.3, 0.4) is 0 Å². The normalized spacial score (nSPS) is 14.9. The van der Waals surface area contributed by atoms with Gasteiger partial charge in [0.15, 0.2) is 0 Å². The lowest BCUT2D eigenvalue weighted by molar-refractivity contribution is -0.117. The van der Waals surface area contributed by atoms with Gasteiger partial charge in [-0.15, -0.1) is 0 Å². The van der Waals surface area contributed by atoms with E-state index < -0.39 is 0 Å². The zero-order valence-corrected chi connectivity index (χ0v) is 9.90. The number of anilines is 2. The second-order valence-electron chi connectivity index (χ2n) is 4.25. The number of hydrogen-bond acceptors (Lipinski definition) is 3. The van der Waals surface area contributed by atoms with Gasteiger partial charge in [-0.05, 0) is 19.1 Å². The van der Waals surface area contributed by atoms with Gasteiger partial charge in [-0.2, -0.15) is 0 Å². The summed E-state index contributed by atoms with van der Waals surface area (Å²) in [7, 11) is 0. The molecule has 0 saturated carbocycles. The van der Waals surface area contributed by atoms with E-state index in [1.54, 1.807) is 6.92 Å². The summed E-state index contributed by atoms with van der Waals surface area (Å²) >= 11 is 0. The SMILES string of the molecule is CC(=O)CCN1CCC(=O)Nc2ccccc21. The quantitative estimate of drug-likeness (QED) is 0.864. The van der Waals surface area contributed by atoms with Crippen molar-refractivity contribution in [2.45, 2.75) is 19.8 Å². The number of fused-ring (bicyclic) bond motifs is 1. The van der Waals surface area contributed by atoms with Gasteiger partial charge in [0, 0.05) is 25.9 Å². The number of carbonyl (C=O) groups excluding carboxylic acids is 2. The maximum absolute atomic E-state index is 11.5. The Hall–Kier alpha value is -1.84. The summed E-state index contributed by atoms with van der Waals surface area (Å²) in [6.07, 6.45) is 0.981. The summed E-state index contributed by atoms with van der Waals surface area (Å²) in [6.45, 7) is 2.92. The number of ketones is 1. The first-order valence-corrected chi connectivity index (χ1v) is 5.80. The minimum Gasteiger partial charge on any atom is -0.369 e. The molecule has 1 aromatic carbocycles. The molecule has 17 heavy (non-hydrogen) atoms. The van der Waals surface area contributed by atoms with Crippen molar-refractivity contribution in [3.8, 4) is 0 Å². The summed E-state index contributed by atoms with van der Waals surface area (Å²) in [5.74, 6) is 0.203. The Morgan fingerprint density at radius 3 is 2.94 bits per heavy atom. The van der Waals surface area contributed by atoms with Crippen LogP contribution in [0.25, 0.3) is 0 Å². The summed E-state index contributed by atoms with van der Waals surface area (Å²) < 4.78 is 0. The van der Waals surface area contributed by atoms with Crippen molar-refractivity contribution in [3.63, 3.8) is 0 Å². The highest BCUT2D eigenvalue weighted by molar-refractivity contribution is 5.96. The van der Waals surface area contributed by atoms with E-state index in [0.29, 0.717) is 25.9 Å². The summed E-state index contributed by atoms with van der Waals surface area (Å²) in [5, 5.41) is 2.87. The predicted octanol–water partition coefficient (Wildman–Crippen LogP) is 1.81. The number of hydrogen-bond donors (Lipinski definition) is 1. The molecular formula is C13H16N2O2. The van der Waals surface area contributed by atoms with E-state index in [1.165, 1.54) is 0 Å². The number of carbonyl (C=O) groups is 2. The molecule has 0 radical (unpaired) electrons. The van der Waals surface area contributed by atoms with E-state index in [0.717, 1.165) is 11.4 Å². The topological polar surface area (TPSA) is 49.4 Å². The standard InChI is InChI=1S/C13H16N2O2/c1-10(16)6-8-15-9-7-13(17)14-11-4-2-3-5-12(11)15/h2-5H,6-9H2,1H3,(H,14,17). The maximum atomic E-state index is 11.5. The highest BCUT2D eigenvalue weighted by Gasteiger charge is 2.18. The van der Waals surface area contributed by atoms with Gasteiger partial charge in [0.2, 0.25) is 5.91 Å². The average molecular weight is 232 g/mol. The van der Waals surface area contributed by atoms with Gasteiger partial charge < -0.3 is 10.2 Å². The molecule has 0 aromatic heterocycles. The van der Waals surface area contributed by atoms with Crippen molar-refractivity contribution in [1.29, 1.82) is 0 Å². The van der Waals surface area contributed by atoms with Gasteiger partial charge in [-0.25, -0.2) is 0 Å². The molecule has 4 heteroatoms. The minimum atomic E-state index is 0.0303. The molecule has 2 rings (SSSR count). The van der Waals surface area contributed by atoms with Crippen LogP contribution in [0.5, 0.6) is 0 Å². The first-order valence-electron chi connectivity index (χ1n) is 5.80. The molecule has 1 amide bonds. The largest absolute Gasteiger partial charge is 0.369 e. The molecular weight excluding hydrogens is 216 g/mol. The molecule has 1 aliphatic rings. The van der Waals surface area contributed by atoms with Crippen molar-refractivity contribution in [2.75, 3.05) is 23.3 Å². The Bertz CT molecular complexity index is 443. The van der Waals surface area contributed by atoms with Crippen LogP contribution in [0.15, 0.2) is 24.3 Å². The van der Waals surface area contributed by atoms with Crippen molar-refractivity contribution >= 4 is 23.1 Å². The van der Waals surface area contributed by atoms with Gasteiger partial charge >= 0.3 is 0 Å². The van der Waals surface area contributed by atoms with Gasteiger partial charge in [0.25, 0.3) is 0 Å². The van der Waals surface area contributed by atoms with Crippen molar-refractivity contribution in [1.82, 2.24) is 0 Å². The highest BCUT2D eigenvalue weighted by Crippen LogP contribution is 2.28. The summed E-state index contributed by atoms with van der Waals surface area (Å²) in [6, 6.07) is 7.70. The Kier molecular flexibility index (Phi) is 3.42. The fourth-order valence-corrected chi connectivity index (χ4v) is 1.95. The zero-order valence-electron chi connectivity index (χ0n) is 9.90. The van der Waals surface area contributed by atoms with Crippen molar-refractivity contribution in [2.24, 2.45) is 0 Å². The monoisotopic (exact) mass is 232 g/mol. The van der Waals surface area contributed by atoms with Crippen molar-refractivity contribution in [3.05, 3.63) is 24.3 Å². The van der Waals surface area contributed by atoms with Crippen molar-refractivity contribution < 1.29 is 9.59 Å². The van der Waals surface area contributed by atoms with Gasteiger partial charge in [-0.1, -0.05) is 12.1 Å². The third kappa shape index (κ3) is 2.84. The number of benzene rings is 1. The third-order valence-corrected chi connectivity index (χ3v) is 2.86. The lowest BCUT2D eigenvalue weighted by Crippen LogP contribution is -2.26. The van der Waals surface area contributed by atoms with Gasteiger partial charge in [0.05, 0.1) is 11.4 Å². The Labute approximate surface area is 101 Å². The summed E-state index contributed by atoms with van der Waals surface area (Å²) in [5.41, 5.74) is 1.83. The second kappa shape index (κ2) is 4.99. The van der Waals surface area contributed by atoms with E-state index in [1.807, 2.05) is 24.3 Å². The molecule has 0 fully saturated rings. The molecule has 4 nitrogen and oxygen atoms in total. The van der Waals surface area contributed by atoms with E-state index >= 15 is 0 Å². The van der Waals surface area contributed by atoms with E-state index in [9.17, 15) is 9.59 Å². The van der Waals surface area contributed by atoms with Gasteiger partial charge in [0.1, 0.15) is 5.78 Å². The minimum absolute atomic E-state index is 0.0303. The van der Waals surface area contributed by atoms with Crippen LogP contribution in [-0.2, 0) is 9.59 Å². The first-order chi connectivity index (χ1) is 8.16. The van der Waals surface area contributed by atoms with Crippen LogP contribution in [0, 0.1) is 0 Å². The molecule has 1 N–H and O–H groups in total. The Balaban J connectivity index is 2.22. The highest BCUT2D eigenvalue weighted by atomic mass is 16.1. The van der Waals surface area contributed by atoms with Crippen LogP contribution < -0.4 is 10.2 Å². The summed E-state index contributed by atoms with van der Waals surface area (Å²) in [4.78, 5) is 24.7. The predicted molar refractivity (Wildman–Crippen MR) is 67.2 cm³/mol. The third-order valence-electron chi connectivity index (χ3n) is 2.86. The smallest absolute Gasteiger partial charge is 0.226 e. The number of nitrogens with one attached hydrogen (secondary N) is 1. The molecule has 0 atom stereocenters. The molecule has 0 bridgehead atoms. The Morgan fingerprint density at radius 2 is 2.18 bits per heavy atom. The number of amides is 1. The maximum Gasteiger partial charge on any atom is 0.226 e.